The van der Waals surface area contributed by atoms with Gasteiger partial charge < -0.3 is 29.5 Å². The lowest BCUT2D eigenvalue weighted by molar-refractivity contribution is -0.122. The third-order valence-electron chi connectivity index (χ3n) is 6.71. The van der Waals surface area contributed by atoms with Crippen molar-refractivity contribution in [3.05, 3.63) is 23.8 Å². The summed E-state index contributed by atoms with van der Waals surface area (Å²) >= 11 is 0. The second kappa shape index (κ2) is 10.3. The average Bonchev–Trinajstić information content (AvgIpc) is 3.48. The molecule has 1 saturated heterocycles. The van der Waals surface area contributed by atoms with E-state index < -0.39 is 0 Å². The van der Waals surface area contributed by atoms with Crippen LogP contribution >= 0.6 is 0 Å². The lowest BCUT2D eigenvalue weighted by Crippen LogP contribution is -2.48. The van der Waals surface area contributed by atoms with E-state index in [0.29, 0.717) is 29.2 Å². The van der Waals surface area contributed by atoms with Crippen molar-refractivity contribution in [1.29, 1.82) is 0 Å². The van der Waals surface area contributed by atoms with Gasteiger partial charge in [0, 0.05) is 31.8 Å². The minimum atomic E-state index is -0.250. The van der Waals surface area contributed by atoms with Gasteiger partial charge in [0.25, 0.3) is 12.4 Å². The molecule has 1 aromatic rings. The lowest BCUT2D eigenvalue weighted by atomic mass is 9.77. The first-order valence-corrected chi connectivity index (χ1v) is 10.9. The quantitative estimate of drug-likeness (QED) is 0.663. The Bertz CT molecular complexity index is 766. The number of rotatable bonds is 6. The SMILES string of the molecule is COc1ccc(C(=O)N2C[C@H]3C[C@@H](N(C)C)[C@H](OCC4CC4)C[C@H]3C2)c(O)c1.O=CO. The number of ether oxygens (including phenoxy) is 2. The van der Waals surface area contributed by atoms with Crippen LogP contribution in [0.25, 0.3) is 0 Å². The number of carboxylic acid groups (broad SMARTS) is 1. The predicted octanol–water partition coefficient (Wildman–Crippen LogP) is 2.31. The molecule has 1 aliphatic heterocycles. The number of benzene rings is 1. The highest BCUT2D eigenvalue weighted by Gasteiger charge is 2.45. The van der Waals surface area contributed by atoms with Gasteiger partial charge in [0.2, 0.25) is 0 Å². The van der Waals surface area contributed by atoms with E-state index in [1.165, 1.54) is 18.9 Å². The number of nitrogens with zero attached hydrogens (tertiary/aromatic N) is 2. The lowest BCUT2D eigenvalue weighted by Gasteiger charge is -2.41. The topological polar surface area (TPSA) is 99.5 Å². The van der Waals surface area contributed by atoms with Gasteiger partial charge in [-0.1, -0.05) is 0 Å². The Kier molecular flexibility index (Phi) is 7.78. The number of methoxy groups -OCH3 is 1. The van der Waals surface area contributed by atoms with Crippen molar-refractivity contribution in [3.63, 3.8) is 0 Å². The van der Waals surface area contributed by atoms with E-state index in [1.807, 2.05) is 4.90 Å². The number of phenols is 1. The summed E-state index contributed by atoms with van der Waals surface area (Å²) < 4.78 is 11.4. The molecular weight excluding hydrogens is 400 g/mol. The largest absolute Gasteiger partial charge is 0.507 e. The second-order valence-electron chi connectivity index (χ2n) is 9.04. The molecule has 2 saturated carbocycles. The van der Waals surface area contributed by atoms with E-state index in [2.05, 4.69) is 19.0 Å². The molecular formula is C23H34N2O6. The molecule has 4 atom stereocenters. The Morgan fingerprint density at radius 1 is 1.23 bits per heavy atom. The van der Waals surface area contributed by atoms with Crippen LogP contribution in [0, 0.1) is 17.8 Å². The molecule has 2 N–H and O–H groups in total. The summed E-state index contributed by atoms with van der Waals surface area (Å²) in [5.41, 5.74) is 0.352. The van der Waals surface area contributed by atoms with Gasteiger partial charge in [-0.15, -0.1) is 0 Å². The molecule has 1 aromatic carbocycles. The zero-order valence-electron chi connectivity index (χ0n) is 18.6. The number of hydrogen-bond acceptors (Lipinski definition) is 6. The molecule has 1 heterocycles. The number of carbonyl (C=O) groups is 2. The van der Waals surface area contributed by atoms with Crippen molar-refractivity contribution < 1.29 is 29.3 Å². The van der Waals surface area contributed by atoms with Crippen LogP contribution in [0.1, 0.15) is 36.0 Å². The van der Waals surface area contributed by atoms with Gasteiger partial charge in [-0.25, -0.2) is 0 Å². The van der Waals surface area contributed by atoms with Crippen LogP contribution in [0.5, 0.6) is 11.5 Å². The first kappa shape index (κ1) is 23.3. The molecule has 2 aliphatic carbocycles. The zero-order valence-corrected chi connectivity index (χ0v) is 18.6. The van der Waals surface area contributed by atoms with E-state index >= 15 is 0 Å². The number of amides is 1. The van der Waals surface area contributed by atoms with Crippen molar-refractivity contribution in [2.24, 2.45) is 17.8 Å². The number of likely N-dealkylation sites (N-methyl/N-ethyl adjacent to an activating group) is 1. The van der Waals surface area contributed by atoms with Gasteiger partial charge >= 0.3 is 0 Å². The Hall–Kier alpha value is -2.32. The van der Waals surface area contributed by atoms with E-state index in [9.17, 15) is 9.90 Å². The van der Waals surface area contributed by atoms with E-state index in [0.717, 1.165) is 38.5 Å². The molecule has 0 bridgehead atoms. The number of aromatic hydroxyl groups is 1. The number of carbonyl (C=O) groups excluding carboxylic acids is 1. The number of fused-ring (bicyclic) bond motifs is 1. The summed E-state index contributed by atoms with van der Waals surface area (Å²) in [6.07, 6.45) is 4.93. The van der Waals surface area contributed by atoms with Crippen LogP contribution in [-0.2, 0) is 9.53 Å². The summed E-state index contributed by atoms with van der Waals surface area (Å²) in [7, 11) is 5.81. The van der Waals surface area contributed by atoms with Gasteiger partial charge in [-0.05, 0) is 69.7 Å². The van der Waals surface area contributed by atoms with Crippen LogP contribution in [0.15, 0.2) is 18.2 Å². The molecule has 0 radical (unpaired) electrons. The third-order valence-corrected chi connectivity index (χ3v) is 6.71. The van der Waals surface area contributed by atoms with Crippen LogP contribution < -0.4 is 4.74 Å². The molecule has 3 fully saturated rings. The maximum Gasteiger partial charge on any atom is 0.290 e. The van der Waals surface area contributed by atoms with Crippen LogP contribution in [0.4, 0.5) is 0 Å². The first-order chi connectivity index (χ1) is 14.9. The standard InChI is InChI=1S/C22H32N2O4.CH2O2/c1-23(2)19-8-15-11-24(12-16(15)9-21(19)28-13-14-4-5-14)22(26)18-7-6-17(27-3)10-20(18)25;2-1-3/h6-7,10,14-16,19,21,25H,4-5,8-9,11-13H2,1-3H3;1H,(H,2,3)/t15-,16+,19-,21-;/m1./s1. The maximum atomic E-state index is 13.0. The number of hydrogen-bond donors (Lipinski definition) is 2. The number of likely N-dealkylation sites (tertiary alicyclic amines) is 1. The molecule has 8 nitrogen and oxygen atoms in total. The zero-order chi connectivity index (χ0) is 22.5. The summed E-state index contributed by atoms with van der Waals surface area (Å²) in [5, 5.41) is 17.1. The Balaban J connectivity index is 0.000000858. The predicted molar refractivity (Wildman–Crippen MR) is 115 cm³/mol. The highest BCUT2D eigenvalue weighted by molar-refractivity contribution is 5.97. The average molecular weight is 435 g/mol. The Morgan fingerprint density at radius 3 is 2.42 bits per heavy atom. The van der Waals surface area contributed by atoms with Crippen LogP contribution in [-0.4, -0.2) is 85.4 Å². The van der Waals surface area contributed by atoms with Crippen LogP contribution in [0.2, 0.25) is 0 Å². The van der Waals surface area contributed by atoms with Crippen molar-refractivity contribution in [2.75, 3.05) is 40.9 Å². The van der Waals surface area contributed by atoms with Crippen molar-refractivity contribution in [1.82, 2.24) is 9.80 Å². The summed E-state index contributed by atoms with van der Waals surface area (Å²) in [4.78, 5) is 25.6. The second-order valence-corrected chi connectivity index (χ2v) is 9.04. The minimum Gasteiger partial charge on any atom is -0.507 e. The first-order valence-electron chi connectivity index (χ1n) is 10.9. The van der Waals surface area contributed by atoms with Gasteiger partial charge in [0.1, 0.15) is 11.5 Å². The summed E-state index contributed by atoms with van der Waals surface area (Å²) in [6.45, 7) is 2.14. The molecule has 3 aliphatic rings. The maximum absolute atomic E-state index is 13.0. The van der Waals surface area contributed by atoms with Gasteiger partial charge in [-0.3, -0.25) is 9.59 Å². The minimum absolute atomic E-state index is 0.0176. The summed E-state index contributed by atoms with van der Waals surface area (Å²) in [6, 6.07) is 5.28. The fourth-order valence-electron chi connectivity index (χ4n) is 4.81. The third kappa shape index (κ3) is 5.68. The van der Waals surface area contributed by atoms with Gasteiger partial charge in [-0.2, -0.15) is 0 Å². The van der Waals surface area contributed by atoms with E-state index in [-0.39, 0.29) is 24.2 Å². The van der Waals surface area contributed by atoms with Crippen molar-refractivity contribution in [3.8, 4) is 11.5 Å². The molecule has 4 rings (SSSR count). The number of phenolic OH excluding ortho intramolecular Hbond substituents is 1. The molecule has 1 amide bonds. The molecule has 0 unspecified atom stereocenters. The molecule has 0 aromatic heterocycles. The monoisotopic (exact) mass is 434 g/mol. The highest BCUT2D eigenvalue weighted by Crippen LogP contribution is 2.41. The molecule has 8 heteroatoms. The highest BCUT2D eigenvalue weighted by atomic mass is 16.5. The molecule has 0 spiro atoms. The van der Waals surface area contributed by atoms with Gasteiger partial charge in [0.05, 0.1) is 18.8 Å². The normalized spacial score (nSPS) is 27.3. The smallest absolute Gasteiger partial charge is 0.290 e. The van der Waals surface area contributed by atoms with E-state index in [4.69, 9.17) is 19.4 Å². The molecule has 31 heavy (non-hydrogen) atoms. The van der Waals surface area contributed by atoms with E-state index in [1.54, 1.807) is 19.2 Å². The fraction of sp³-hybridized carbons (Fsp3) is 0.652. The van der Waals surface area contributed by atoms with Crippen LogP contribution in [0.3, 0.4) is 0 Å². The molecule has 172 valence electrons. The Morgan fingerprint density at radius 2 is 1.87 bits per heavy atom. The summed E-state index contributed by atoms with van der Waals surface area (Å²) in [5.74, 6) is 2.18. The fourth-order valence-corrected chi connectivity index (χ4v) is 4.81. The van der Waals surface area contributed by atoms with Crippen molar-refractivity contribution >= 4 is 12.4 Å². The Labute approximate surface area is 183 Å². The van der Waals surface area contributed by atoms with Gasteiger partial charge in [0.15, 0.2) is 0 Å². The van der Waals surface area contributed by atoms with Crippen molar-refractivity contribution in [2.45, 2.75) is 37.8 Å².